The molecule has 0 bridgehead atoms. The lowest BCUT2D eigenvalue weighted by Gasteiger charge is -2.17. The third-order valence-corrected chi connectivity index (χ3v) is 4.04. The number of ether oxygens (including phenoxy) is 2. The Morgan fingerprint density at radius 1 is 0.654 bits per heavy atom. The van der Waals surface area contributed by atoms with Crippen LogP contribution < -0.4 is 0 Å². The monoisotopic (exact) mass is 346 g/mol. The van der Waals surface area contributed by atoms with Crippen molar-refractivity contribution >= 4 is 5.97 Å². The van der Waals surface area contributed by atoms with Gasteiger partial charge in [0.1, 0.15) is 6.61 Å². The summed E-state index contributed by atoms with van der Waals surface area (Å²) < 4.78 is 11.4. The Morgan fingerprint density at radius 3 is 1.65 bits per heavy atom. The number of carbonyl (C=O) groups excluding carboxylic acids is 1. The van der Waals surface area contributed by atoms with Crippen LogP contribution in [0.1, 0.15) is 16.7 Å². The Hall–Kier alpha value is -2.91. The van der Waals surface area contributed by atoms with Crippen LogP contribution in [0.5, 0.6) is 0 Å². The number of benzene rings is 3. The van der Waals surface area contributed by atoms with Crippen LogP contribution in [0.4, 0.5) is 0 Å². The molecule has 0 amide bonds. The quantitative estimate of drug-likeness (QED) is 0.561. The molecule has 3 nitrogen and oxygen atoms in total. The molecule has 0 N–H and O–H groups in total. The second-order valence-electron chi connectivity index (χ2n) is 6.07. The highest BCUT2D eigenvalue weighted by atomic mass is 16.6. The molecular formula is C23H22O3. The van der Waals surface area contributed by atoms with E-state index in [0.29, 0.717) is 13.0 Å². The van der Waals surface area contributed by atoms with Crippen molar-refractivity contribution < 1.29 is 14.3 Å². The summed E-state index contributed by atoms with van der Waals surface area (Å²) in [4.78, 5) is 12.6. The van der Waals surface area contributed by atoms with E-state index in [9.17, 15) is 4.79 Å². The predicted octanol–water partition coefficient (Wildman–Crippen LogP) is 4.56. The van der Waals surface area contributed by atoms with Gasteiger partial charge < -0.3 is 9.47 Å². The molecule has 1 atom stereocenters. The summed E-state index contributed by atoms with van der Waals surface area (Å²) in [6.07, 6.45) is -0.150. The number of hydrogen-bond donors (Lipinski definition) is 0. The maximum Gasteiger partial charge on any atom is 0.335 e. The zero-order valence-electron chi connectivity index (χ0n) is 14.6. The average molecular weight is 346 g/mol. The summed E-state index contributed by atoms with van der Waals surface area (Å²) in [5.74, 6) is -0.339. The highest BCUT2D eigenvalue weighted by Crippen LogP contribution is 2.12. The molecule has 3 heteroatoms. The van der Waals surface area contributed by atoms with Crippen molar-refractivity contribution in [1.82, 2.24) is 0 Å². The number of rotatable bonds is 8. The molecule has 3 rings (SSSR count). The summed E-state index contributed by atoms with van der Waals surface area (Å²) in [6.45, 7) is 0.623. The number of hydrogen-bond acceptors (Lipinski definition) is 3. The first-order chi connectivity index (χ1) is 12.8. The minimum Gasteiger partial charge on any atom is -0.459 e. The van der Waals surface area contributed by atoms with Crippen LogP contribution in [0.2, 0.25) is 0 Å². The Labute approximate surface area is 154 Å². The van der Waals surface area contributed by atoms with Gasteiger partial charge in [-0.3, -0.25) is 0 Å². The van der Waals surface area contributed by atoms with E-state index in [4.69, 9.17) is 9.47 Å². The minimum atomic E-state index is -0.638. The standard InChI is InChI=1S/C23H22O3/c24-23(26-18-21-14-8-3-9-15-21)22(16-19-10-4-1-5-11-19)25-17-20-12-6-2-7-13-20/h1-15,22H,16-18H2. The fraction of sp³-hybridized carbons (Fsp3) is 0.174. The lowest BCUT2D eigenvalue weighted by atomic mass is 10.1. The lowest BCUT2D eigenvalue weighted by molar-refractivity contribution is -0.159. The molecule has 3 aromatic rings. The van der Waals surface area contributed by atoms with E-state index in [-0.39, 0.29) is 12.6 Å². The minimum absolute atomic E-state index is 0.250. The molecule has 0 saturated heterocycles. The van der Waals surface area contributed by atoms with Gasteiger partial charge >= 0.3 is 5.97 Å². The zero-order chi connectivity index (χ0) is 18.0. The van der Waals surface area contributed by atoms with Gasteiger partial charge in [-0.25, -0.2) is 4.79 Å². The Balaban J connectivity index is 1.63. The predicted molar refractivity (Wildman–Crippen MR) is 101 cm³/mol. The summed E-state index contributed by atoms with van der Waals surface area (Å²) in [5, 5.41) is 0. The van der Waals surface area contributed by atoms with Crippen LogP contribution in [-0.4, -0.2) is 12.1 Å². The summed E-state index contributed by atoms with van der Waals surface area (Å²) in [7, 11) is 0. The molecule has 0 radical (unpaired) electrons. The van der Waals surface area contributed by atoms with Crippen LogP contribution in [0.15, 0.2) is 91.0 Å². The maximum absolute atomic E-state index is 12.6. The van der Waals surface area contributed by atoms with E-state index in [0.717, 1.165) is 16.7 Å². The number of esters is 1. The SMILES string of the molecule is O=C(OCc1ccccc1)C(Cc1ccccc1)OCc1ccccc1. The molecule has 0 spiro atoms. The van der Waals surface area contributed by atoms with Gasteiger partial charge in [-0.05, 0) is 16.7 Å². The molecule has 1 unspecified atom stereocenters. The molecule has 26 heavy (non-hydrogen) atoms. The van der Waals surface area contributed by atoms with Crippen molar-refractivity contribution in [3.8, 4) is 0 Å². The fourth-order valence-corrected chi connectivity index (χ4v) is 2.63. The highest BCUT2D eigenvalue weighted by Gasteiger charge is 2.21. The van der Waals surface area contributed by atoms with E-state index in [1.54, 1.807) is 0 Å². The summed E-state index contributed by atoms with van der Waals surface area (Å²) in [6, 6.07) is 29.3. The molecule has 0 saturated carbocycles. The van der Waals surface area contributed by atoms with Gasteiger partial charge in [0.05, 0.1) is 6.61 Å². The van der Waals surface area contributed by atoms with Crippen LogP contribution in [0, 0.1) is 0 Å². The third kappa shape index (κ3) is 5.57. The van der Waals surface area contributed by atoms with Gasteiger partial charge in [0.2, 0.25) is 0 Å². The summed E-state index contributed by atoms with van der Waals surface area (Å²) in [5.41, 5.74) is 3.03. The normalized spacial score (nSPS) is 11.7. The van der Waals surface area contributed by atoms with E-state index in [1.165, 1.54) is 0 Å². The third-order valence-electron chi connectivity index (χ3n) is 4.04. The molecule has 0 aliphatic carbocycles. The lowest BCUT2D eigenvalue weighted by Crippen LogP contribution is -2.28. The highest BCUT2D eigenvalue weighted by molar-refractivity contribution is 5.75. The van der Waals surface area contributed by atoms with Crippen LogP contribution in [-0.2, 0) is 33.9 Å². The topological polar surface area (TPSA) is 35.5 Å². The molecule has 0 heterocycles. The van der Waals surface area contributed by atoms with Gasteiger partial charge in [0, 0.05) is 6.42 Å². The van der Waals surface area contributed by atoms with E-state index in [1.807, 2.05) is 91.0 Å². The first-order valence-electron chi connectivity index (χ1n) is 8.71. The molecule has 0 aliphatic rings. The molecule has 0 aromatic heterocycles. The molecule has 0 fully saturated rings. The Bertz CT molecular complexity index is 785. The van der Waals surface area contributed by atoms with Gasteiger partial charge in [-0.1, -0.05) is 91.0 Å². The number of carbonyl (C=O) groups is 1. The molecule has 132 valence electrons. The van der Waals surface area contributed by atoms with Gasteiger partial charge in [-0.2, -0.15) is 0 Å². The van der Waals surface area contributed by atoms with Crippen molar-refractivity contribution in [2.24, 2.45) is 0 Å². The van der Waals surface area contributed by atoms with E-state index in [2.05, 4.69) is 0 Å². The van der Waals surface area contributed by atoms with Crippen molar-refractivity contribution in [2.45, 2.75) is 25.7 Å². The van der Waals surface area contributed by atoms with Gasteiger partial charge in [0.15, 0.2) is 6.10 Å². The average Bonchev–Trinajstić information content (AvgIpc) is 2.71. The first kappa shape index (κ1) is 17.9. The summed E-state index contributed by atoms with van der Waals surface area (Å²) >= 11 is 0. The van der Waals surface area contributed by atoms with Gasteiger partial charge in [0.25, 0.3) is 0 Å². The van der Waals surface area contributed by atoms with Crippen LogP contribution in [0.25, 0.3) is 0 Å². The molecular weight excluding hydrogens is 324 g/mol. The Kier molecular flexibility index (Phi) is 6.57. The van der Waals surface area contributed by atoms with Crippen molar-refractivity contribution in [1.29, 1.82) is 0 Å². The Morgan fingerprint density at radius 2 is 1.12 bits per heavy atom. The molecule has 3 aromatic carbocycles. The smallest absolute Gasteiger partial charge is 0.335 e. The fourth-order valence-electron chi connectivity index (χ4n) is 2.63. The zero-order valence-corrected chi connectivity index (χ0v) is 14.6. The molecule has 0 aliphatic heterocycles. The van der Waals surface area contributed by atoms with Crippen molar-refractivity contribution in [3.63, 3.8) is 0 Å². The van der Waals surface area contributed by atoms with Crippen molar-refractivity contribution in [2.75, 3.05) is 0 Å². The second kappa shape index (κ2) is 9.54. The largest absolute Gasteiger partial charge is 0.459 e. The van der Waals surface area contributed by atoms with Crippen LogP contribution >= 0.6 is 0 Å². The van der Waals surface area contributed by atoms with E-state index < -0.39 is 6.10 Å². The van der Waals surface area contributed by atoms with Gasteiger partial charge in [-0.15, -0.1) is 0 Å². The van der Waals surface area contributed by atoms with Crippen molar-refractivity contribution in [3.05, 3.63) is 108 Å². The first-order valence-corrected chi connectivity index (χ1v) is 8.71. The second-order valence-corrected chi connectivity index (χ2v) is 6.07. The van der Waals surface area contributed by atoms with E-state index >= 15 is 0 Å². The maximum atomic E-state index is 12.6. The van der Waals surface area contributed by atoms with Crippen LogP contribution in [0.3, 0.4) is 0 Å².